The van der Waals surface area contributed by atoms with Crippen LogP contribution in [-0.2, 0) is 9.53 Å². The van der Waals surface area contributed by atoms with E-state index in [4.69, 9.17) is 4.74 Å². The highest BCUT2D eigenvalue weighted by atomic mass is 16.5. The van der Waals surface area contributed by atoms with E-state index in [1.807, 2.05) is 0 Å². The molecule has 0 aromatic carbocycles. The Labute approximate surface area is 67.2 Å². The molecule has 1 aliphatic rings. The summed E-state index contributed by atoms with van der Waals surface area (Å²) in [7, 11) is 0. The number of ether oxygens (including phenoxy) is 1. The lowest BCUT2D eigenvalue weighted by molar-refractivity contribution is -0.105. The van der Waals surface area contributed by atoms with E-state index in [1.165, 1.54) is 0 Å². The highest BCUT2D eigenvalue weighted by molar-refractivity contribution is 5.71. The molecule has 0 aromatic rings. The summed E-state index contributed by atoms with van der Waals surface area (Å²) in [6.07, 6.45) is 5.26. The highest BCUT2D eigenvalue weighted by Gasteiger charge is 2.14. The van der Waals surface area contributed by atoms with E-state index in [2.05, 4.69) is 6.58 Å². The van der Waals surface area contributed by atoms with Gasteiger partial charge in [0.25, 0.3) is 0 Å². The largest absolute Gasteiger partial charge is 0.378 e. The minimum Gasteiger partial charge on any atom is -0.378 e. The van der Waals surface area contributed by atoms with Crippen molar-refractivity contribution in [3.63, 3.8) is 0 Å². The molecule has 1 saturated heterocycles. The molecule has 2 nitrogen and oxygen atoms in total. The zero-order valence-corrected chi connectivity index (χ0v) is 6.71. The van der Waals surface area contributed by atoms with E-state index in [1.54, 1.807) is 0 Å². The zero-order chi connectivity index (χ0) is 8.10. The molecule has 1 atom stereocenters. The first kappa shape index (κ1) is 8.47. The smallest absolute Gasteiger partial charge is 0.145 e. The monoisotopic (exact) mass is 154 g/mol. The average Bonchev–Trinajstić information content (AvgIpc) is 2.52. The molecule has 1 heterocycles. The van der Waals surface area contributed by atoms with Gasteiger partial charge in [0.15, 0.2) is 0 Å². The molecule has 0 saturated carbocycles. The molecule has 0 aromatic heterocycles. The van der Waals surface area contributed by atoms with Crippen molar-refractivity contribution in [1.82, 2.24) is 0 Å². The van der Waals surface area contributed by atoms with Crippen molar-refractivity contribution in [3.05, 3.63) is 12.2 Å². The summed E-state index contributed by atoms with van der Waals surface area (Å²) in [4.78, 5) is 10.2. The van der Waals surface area contributed by atoms with Crippen molar-refractivity contribution in [1.29, 1.82) is 0 Å². The first-order valence-corrected chi connectivity index (χ1v) is 4.07. The van der Waals surface area contributed by atoms with Gasteiger partial charge in [-0.3, -0.25) is 4.79 Å². The summed E-state index contributed by atoms with van der Waals surface area (Å²) in [5.41, 5.74) is 0.681. The fraction of sp³-hybridized carbons (Fsp3) is 0.667. The molecule has 0 N–H and O–H groups in total. The van der Waals surface area contributed by atoms with Crippen LogP contribution in [0, 0.1) is 0 Å². The van der Waals surface area contributed by atoms with Crippen LogP contribution in [0.4, 0.5) is 0 Å². The van der Waals surface area contributed by atoms with E-state index in [0.717, 1.165) is 38.6 Å². The first-order valence-electron chi connectivity index (χ1n) is 4.07. The summed E-state index contributed by atoms with van der Waals surface area (Å²) >= 11 is 0. The lowest BCUT2D eigenvalue weighted by Gasteiger charge is -2.07. The fourth-order valence-corrected chi connectivity index (χ4v) is 1.28. The third-order valence-corrected chi connectivity index (χ3v) is 1.98. The van der Waals surface area contributed by atoms with Crippen LogP contribution in [0.3, 0.4) is 0 Å². The summed E-state index contributed by atoms with van der Waals surface area (Å²) < 4.78 is 5.39. The Bertz CT molecular complexity index is 146. The maximum atomic E-state index is 10.2. The van der Waals surface area contributed by atoms with Crippen molar-refractivity contribution in [3.8, 4) is 0 Å². The molecule has 2 heteroatoms. The summed E-state index contributed by atoms with van der Waals surface area (Å²) in [5.74, 6) is 0. The second-order valence-corrected chi connectivity index (χ2v) is 2.95. The van der Waals surface area contributed by atoms with Crippen LogP contribution in [-0.4, -0.2) is 19.0 Å². The molecular weight excluding hydrogens is 140 g/mol. The number of hydrogen-bond acceptors (Lipinski definition) is 2. The lowest BCUT2D eigenvalue weighted by Crippen LogP contribution is -2.04. The highest BCUT2D eigenvalue weighted by Crippen LogP contribution is 2.17. The molecule has 0 aliphatic carbocycles. The van der Waals surface area contributed by atoms with Crippen molar-refractivity contribution in [2.24, 2.45) is 0 Å². The molecule has 1 aliphatic heterocycles. The van der Waals surface area contributed by atoms with Crippen molar-refractivity contribution in [2.45, 2.75) is 31.8 Å². The standard InChI is InChI=1S/C9H14O2/c1-8(7-10)4-5-9-3-2-6-11-9/h7,9H,1-6H2. The molecule has 1 rings (SSSR count). The molecular formula is C9H14O2. The molecule has 0 radical (unpaired) electrons. The Kier molecular flexibility index (Phi) is 3.30. The van der Waals surface area contributed by atoms with Gasteiger partial charge in [-0.05, 0) is 31.3 Å². The number of aldehydes is 1. The Morgan fingerprint density at radius 3 is 3.09 bits per heavy atom. The van der Waals surface area contributed by atoms with Crippen LogP contribution in [0.2, 0.25) is 0 Å². The van der Waals surface area contributed by atoms with Crippen molar-refractivity contribution >= 4 is 6.29 Å². The summed E-state index contributed by atoms with van der Waals surface area (Å²) in [6, 6.07) is 0. The van der Waals surface area contributed by atoms with Gasteiger partial charge in [0, 0.05) is 6.61 Å². The number of carbonyl (C=O) groups excluding carboxylic acids is 1. The number of carbonyl (C=O) groups is 1. The predicted octanol–water partition coefficient (Wildman–Crippen LogP) is 1.70. The maximum absolute atomic E-state index is 10.2. The van der Waals surface area contributed by atoms with Crippen LogP contribution < -0.4 is 0 Å². The van der Waals surface area contributed by atoms with Gasteiger partial charge in [0.05, 0.1) is 6.10 Å². The van der Waals surface area contributed by atoms with E-state index in [-0.39, 0.29) is 0 Å². The Morgan fingerprint density at radius 1 is 1.73 bits per heavy atom. The molecule has 11 heavy (non-hydrogen) atoms. The SMILES string of the molecule is C=C(C=O)CCC1CCCO1. The van der Waals surface area contributed by atoms with Gasteiger partial charge in [-0.1, -0.05) is 6.58 Å². The van der Waals surface area contributed by atoms with Crippen molar-refractivity contribution in [2.75, 3.05) is 6.61 Å². The molecule has 0 spiro atoms. The minimum atomic E-state index is 0.381. The van der Waals surface area contributed by atoms with Gasteiger partial charge in [-0.2, -0.15) is 0 Å². The molecule has 1 unspecified atom stereocenters. The zero-order valence-electron chi connectivity index (χ0n) is 6.71. The fourth-order valence-electron chi connectivity index (χ4n) is 1.28. The normalized spacial score (nSPS) is 23.5. The van der Waals surface area contributed by atoms with Gasteiger partial charge in [0.1, 0.15) is 6.29 Å². The Hall–Kier alpha value is -0.630. The van der Waals surface area contributed by atoms with E-state index >= 15 is 0 Å². The van der Waals surface area contributed by atoms with Gasteiger partial charge in [0.2, 0.25) is 0 Å². The van der Waals surface area contributed by atoms with Gasteiger partial charge in [-0.15, -0.1) is 0 Å². The van der Waals surface area contributed by atoms with Crippen LogP contribution in [0.15, 0.2) is 12.2 Å². The second-order valence-electron chi connectivity index (χ2n) is 2.95. The van der Waals surface area contributed by atoms with Crippen LogP contribution >= 0.6 is 0 Å². The number of rotatable bonds is 4. The third-order valence-electron chi connectivity index (χ3n) is 1.98. The maximum Gasteiger partial charge on any atom is 0.145 e. The topological polar surface area (TPSA) is 26.3 Å². The third kappa shape index (κ3) is 2.85. The quantitative estimate of drug-likeness (QED) is 0.455. The van der Waals surface area contributed by atoms with E-state index in [0.29, 0.717) is 11.7 Å². The second kappa shape index (κ2) is 4.29. The van der Waals surface area contributed by atoms with E-state index in [9.17, 15) is 4.79 Å². The molecule has 0 bridgehead atoms. The van der Waals surface area contributed by atoms with Crippen LogP contribution in [0.25, 0.3) is 0 Å². The summed E-state index contributed by atoms with van der Waals surface area (Å²) in [6.45, 7) is 4.50. The van der Waals surface area contributed by atoms with Gasteiger partial charge < -0.3 is 4.74 Å². The van der Waals surface area contributed by atoms with Gasteiger partial charge in [-0.25, -0.2) is 0 Å². The lowest BCUT2D eigenvalue weighted by atomic mass is 10.1. The van der Waals surface area contributed by atoms with Gasteiger partial charge >= 0.3 is 0 Å². The van der Waals surface area contributed by atoms with Crippen molar-refractivity contribution < 1.29 is 9.53 Å². The molecule has 0 amide bonds. The average molecular weight is 154 g/mol. The minimum absolute atomic E-state index is 0.381. The number of allylic oxidation sites excluding steroid dienone is 1. The summed E-state index contributed by atoms with van der Waals surface area (Å²) in [5, 5.41) is 0. The first-order chi connectivity index (χ1) is 5.33. The van der Waals surface area contributed by atoms with Crippen LogP contribution in [0.5, 0.6) is 0 Å². The number of hydrogen-bond donors (Lipinski definition) is 0. The molecule has 62 valence electrons. The predicted molar refractivity (Wildman–Crippen MR) is 43.4 cm³/mol. The Balaban J connectivity index is 2.10. The molecule has 1 fully saturated rings. The Morgan fingerprint density at radius 2 is 2.55 bits per heavy atom. The van der Waals surface area contributed by atoms with E-state index < -0.39 is 0 Å². The van der Waals surface area contributed by atoms with Crippen LogP contribution in [0.1, 0.15) is 25.7 Å².